The predicted octanol–water partition coefficient (Wildman–Crippen LogP) is 2.96. The van der Waals surface area contributed by atoms with Gasteiger partial charge in [0, 0.05) is 12.7 Å². The van der Waals surface area contributed by atoms with Crippen LogP contribution in [0.5, 0.6) is 0 Å². The molecule has 0 aromatic heterocycles. The second kappa shape index (κ2) is 4.31. The molecule has 2 nitrogen and oxygen atoms in total. The van der Waals surface area contributed by atoms with Crippen LogP contribution in [0.25, 0.3) is 0 Å². The molecule has 0 N–H and O–H groups in total. The number of nitrogens with zero attached hydrogens (tertiary/aromatic N) is 1. The van der Waals surface area contributed by atoms with Gasteiger partial charge in [0.1, 0.15) is 5.82 Å². The molecule has 0 saturated heterocycles. The number of rotatable bonds is 2. The van der Waals surface area contributed by atoms with Crippen molar-refractivity contribution >= 4 is 27.5 Å². The number of carbonyl (C=O) groups is 1. The van der Waals surface area contributed by atoms with Gasteiger partial charge in [-0.1, -0.05) is 22.0 Å². The Morgan fingerprint density at radius 2 is 2.07 bits per heavy atom. The van der Waals surface area contributed by atoms with Crippen LogP contribution in [0.1, 0.15) is 13.8 Å². The second-order valence-electron chi connectivity index (χ2n) is 3.82. The van der Waals surface area contributed by atoms with E-state index in [0.717, 1.165) is 0 Å². The molecule has 0 heterocycles. The predicted molar refractivity (Wildman–Crippen MR) is 62.8 cm³/mol. The Morgan fingerprint density at radius 3 is 2.53 bits per heavy atom. The van der Waals surface area contributed by atoms with Crippen molar-refractivity contribution in [3.05, 3.63) is 30.1 Å². The Labute approximate surface area is 97.2 Å². The fourth-order valence-electron chi connectivity index (χ4n) is 1.20. The summed E-state index contributed by atoms with van der Waals surface area (Å²) in [5, 5.41) is 0. The van der Waals surface area contributed by atoms with Gasteiger partial charge in [0.15, 0.2) is 0 Å². The summed E-state index contributed by atoms with van der Waals surface area (Å²) in [6.45, 7) is 3.51. The maximum Gasteiger partial charge on any atom is 0.243 e. The summed E-state index contributed by atoms with van der Waals surface area (Å²) in [5.74, 6) is -0.465. The van der Waals surface area contributed by atoms with Gasteiger partial charge in [0.2, 0.25) is 5.91 Å². The second-order valence-corrected chi connectivity index (χ2v) is 5.80. The van der Waals surface area contributed by atoms with E-state index in [-0.39, 0.29) is 11.7 Å². The van der Waals surface area contributed by atoms with Crippen molar-refractivity contribution in [3.8, 4) is 0 Å². The van der Waals surface area contributed by atoms with Crippen LogP contribution in [-0.2, 0) is 4.79 Å². The van der Waals surface area contributed by atoms with Gasteiger partial charge in [0.25, 0.3) is 0 Å². The maximum atomic E-state index is 12.9. The molecule has 0 radical (unpaired) electrons. The summed E-state index contributed by atoms with van der Waals surface area (Å²) in [5.41, 5.74) is 0.549. The monoisotopic (exact) mass is 273 g/mol. The number of anilines is 1. The van der Waals surface area contributed by atoms with Crippen molar-refractivity contribution in [2.45, 2.75) is 18.2 Å². The maximum absolute atomic E-state index is 12.9. The highest BCUT2D eigenvalue weighted by atomic mass is 79.9. The number of alkyl halides is 1. The van der Waals surface area contributed by atoms with Gasteiger partial charge in [-0.25, -0.2) is 4.39 Å². The largest absolute Gasteiger partial charge is 0.314 e. The molecule has 1 aromatic carbocycles. The summed E-state index contributed by atoms with van der Waals surface area (Å²) in [7, 11) is 1.63. The van der Waals surface area contributed by atoms with Crippen LogP contribution in [0.4, 0.5) is 10.1 Å². The lowest BCUT2D eigenvalue weighted by Gasteiger charge is -2.24. The number of carbonyl (C=O) groups excluding carboxylic acids is 1. The van der Waals surface area contributed by atoms with Gasteiger partial charge in [-0.05, 0) is 32.0 Å². The van der Waals surface area contributed by atoms with Gasteiger partial charge < -0.3 is 4.90 Å². The zero-order chi connectivity index (χ0) is 11.6. The third kappa shape index (κ3) is 3.02. The van der Waals surface area contributed by atoms with Crippen LogP contribution in [0.3, 0.4) is 0 Å². The van der Waals surface area contributed by atoms with Crippen LogP contribution in [-0.4, -0.2) is 17.3 Å². The minimum absolute atomic E-state index is 0.117. The topological polar surface area (TPSA) is 20.3 Å². The number of benzene rings is 1. The van der Waals surface area contributed by atoms with Crippen LogP contribution in [0.15, 0.2) is 24.3 Å². The van der Waals surface area contributed by atoms with Crippen molar-refractivity contribution in [1.29, 1.82) is 0 Å². The van der Waals surface area contributed by atoms with E-state index < -0.39 is 4.32 Å². The smallest absolute Gasteiger partial charge is 0.243 e. The quantitative estimate of drug-likeness (QED) is 0.759. The molecular formula is C11H13BrFNO. The molecule has 0 saturated carbocycles. The van der Waals surface area contributed by atoms with E-state index in [0.29, 0.717) is 5.69 Å². The minimum Gasteiger partial charge on any atom is -0.314 e. The molecule has 1 aromatic rings. The van der Waals surface area contributed by atoms with E-state index in [9.17, 15) is 9.18 Å². The number of hydrogen-bond acceptors (Lipinski definition) is 1. The highest BCUT2D eigenvalue weighted by Crippen LogP contribution is 2.23. The molecule has 0 aliphatic carbocycles. The average Bonchev–Trinajstić information content (AvgIpc) is 2.14. The molecule has 0 aliphatic rings. The standard InChI is InChI=1S/C11H13BrFNO/c1-11(2,12)10(15)14(3)9-6-4-5-8(13)7-9/h4-7H,1-3H3. The third-order valence-corrected chi connectivity index (χ3v) is 2.35. The van der Waals surface area contributed by atoms with Gasteiger partial charge in [-0.3, -0.25) is 4.79 Å². The lowest BCUT2D eigenvalue weighted by Crippen LogP contribution is -2.39. The van der Waals surface area contributed by atoms with E-state index in [4.69, 9.17) is 0 Å². The molecule has 0 unspecified atom stereocenters. The van der Waals surface area contributed by atoms with Crippen molar-refractivity contribution in [1.82, 2.24) is 0 Å². The molecule has 4 heteroatoms. The van der Waals surface area contributed by atoms with E-state index in [1.54, 1.807) is 33.0 Å². The third-order valence-electron chi connectivity index (χ3n) is 2.01. The highest BCUT2D eigenvalue weighted by molar-refractivity contribution is 9.10. The van der Waals surface area contributed by atoms with E-state index in [1.807, 2.05) is 0 Å². The summed E-state index contributed by atoms with van der Waals surface area (Å²) in [6, 6.07) is 5.95. The summed E-state index contributed by atoms with van der Waals surface area (Å²) in [4.78, 5) is 13.3. The minimum atomic E-state index is -0.645. The Kier molecular flexibility index (Phi) is 3.50. The van der Waals surface area contributed by atoms with Crippen molar-refractivity contribution in [2.24, 2.45) is 0 Å². The number of halogens is 2. The molecule has 82 valence electrons. The first-order valence-corrected chi connectivity index (χ1v) is 5.34. The van der Waals surface area contributed by atoms with Gasteiger partial charge in [-0.15, -0.1) is 0 Å². The molecule has 1 rings (SSSR count). The normalized spacial score (nSPS) is 11.3. The molecule has 0 atom stereocenters. The first kappa shape index (κ1) is 12.2. The number of hydrogen-bond donors (Lipinski definition) is 0. The fraction of sp³-hybridized carbons (Fsp3) is 0.364. The molecule has 0 spiro atoms. The molecule has 0 fully saturated rings. The average molecular weight is 274 g/mol. The van der Waals surface area contributed by atoms with E-state index >= 15 is 0 Å². The molecule has 15 heavy (non-hydrogen) atoms. The summed E-state index contributed by atoms with van der Waals surface area (Å²) >= 11 is 3.28. The molecular weight excluding hydrogens is 261 g/mol. The highest BCUT2D eigenvalue weighted by Gasteiger charge is 2.27. The fourth-order valence-corrected chi connectivity index (χ4v) is 1.47. The molecule has 0 aliphatic heterocycles. The van der Waals surface area contributed by atoms with Crippen LogP contribution >= 0.6 is 15.9 Å². The van der Waals surface area contributed by atoms with Gasteiger partial charge >= 0.3 is 0 Å². The molecule has 1 amide bonds. The van der Waals surface area contributed by atoms with Crippen molar-refractivity contribution < 1.29 is 9.18 Å². The first-order valence-electron chi connectivity index (χ1n) is 4.55. The van der Waals surface area contributed by atoms with E-state index in [1.165, 1.54) is 17.0 Å². The zero-order valence-corrected chi connectivity index (χ0v) is 10.5. The lowest BCUT2D eigenvalue weighted by molar-refractivity contribution is -0.119. The molecule has 0 bridgehead atoms. The van der Waals surface area contributed by atoms with Crippen molar-refractivity contribution in [2.75, 3.05) is 11.9 Å². The Morgan fingerprint density at radius 1 is 1.47 bits per heavy atom. The Hall–Kier alpha value is -0.900. The SMILES string of the molecule is CN(C(=O)C(C)(C)Br)c1cccc(F)c1. The van der Waals surface area contributed by atoms with Crippen molar-refractivity contribution in [3.63, 3.8) is 0 Å². The first-order chi connectivity index (χ1) is 6.82. The van der Waals surface area contributed by atoms with E-state index in [2.05, 4.69) is 15.9 Å². The van der Waals surface area contributed by atoms with Gasteiger partial charge in [-0.2, -0.15) is 0 Å². The zero-order valence-electron chi connectivity index (χ0n) is 8.92. The summed E-state index contributed by atoms with van der Waals surface area (Å²) < 4.78 is 12.3. The lowest BCUT2D eigenvalue weighted by atomic mass is 10.1. The van der Waals surface area contributed by atoms with Gasteiger partial charge in [0.05, 0.1) is 4.32 Å². The van der Waals surface area contributed by atoms with Crippen LogP contribution < -0.4 is 4.90 Å². The Balaban J connectivity index is 2.95. The number of amides is 1. The summed E-state index contributed by atoms with van der Waals surface area (Å²) in [6.07, 6.45) is 0. The van der Waals surface area contributed by atoms with Crippen LogP contribution in [0.2, 0.25) is 0 Å². The Bertz CT molecular complexity index is 373. The van der Waals surface area contributed by atoms with Crippen LogP contribution in [0, 0.1) is 5.82 Å².